The lowest BCUT2D eigenvalue weighted by Crippen LogP contribution is -1.92. The van der Waals surface area contributed by atoms with Crippen LogP contribution in [0.25, 0.3) is 6.08 Å². The largest absolute Gasteiger partial charge is 0.508 e. The Balaban J connectivity index is 2.20. The third-order valence-corrected chi connectivity index (χ3v) is 3.10. The average Bonchev–Trinajstić information content (AvgIpc) is 2.46. The molecule has 1 unspecified atom stereocenters. The third-order valence-electron chi connectivity index (χ3n) is 3.10. The van der Waals surface area contributed by atoms with Gasteiger partial charge in [0.05, 0.1) is 7.11 Å². The van der Waals surface area contributed by atoms with Gasteiger partial charge < -0.3 is 9.84 Å². The molecule has 2 rings (SSSR count). The molecule has 2 nitrogen and oxygen atoms in total. The fraction of sp³-hybridized carbons (Fsp3) is 0.176. The SMILES string of the molecule is COc1ccc(O)c(C(C)/C=C/c2ccccc2)c1. The number of hydrogen-bond acceptors (Lipinski definition) is 2. The molecule has 2 aromatic rings. The van der Waals surface area contributed by atoms with Gasteiger partial charge in [-0.3, -0.25) is 0 Å². The number of ether oxygens (including phenoxy) is 1. The van der Waals surface area contributed by atoms with E-state index in [1.807, 2.05) is 31.2 Å². The summed E-state index contributed by atoms with van der Waals surface area (Å²) in [5.74, 6) is 1.18. The van der Waals surface area contributed by atoms with Gasteiger partial charge >= 0.3 is 0 Å². The zero-order chi connectivity index (χ0) is 13.7. The molecular weight excluding hydrogens is 236 g/mol. The van der Waals surface area contributed by atoms with Crippen molar-refractivity contribution in [3.05, 3.63) is 65.7 Å². The van der Waals surface area contributed by atoms with Gasteiger partial charge in [-0.1, -0.05) is 49.4 Å². The van der Waals surface area contributed by atoms with E-state index in [0.29, 0.717) is 5.75 Å². The van der Waals surface area contributed by atoms with Crippen LogP contribution in [0.15, 0.2) is 54.6 Å². The molecule has 1 atom stereocenters. The second kappa shape index (κ2) is 6.10. The van der Waals surface area contributed by atoms with Crippen molar-refractivity contribution in [3.8, 4) is 11.5 Å². The van der Waals surface area contributed by atoms with Crippen LogP contribution >= 0.6 is 0 Å². The van der Waals surface area contributed by atoms with Crippen LogP contribution in [0.5, 0.6) is 11.5 Å². The summed E-state index contributed by atoms with van der Waals surface area (Å²) >= 11 is 0. The second-order valence-electron chi connectivity index (χ2n) is 4.48. The van der Waals surface area contributed by atoms with Gasteiger partial charge in [0.2, 0.25) is 0 Å². The molecular formula is C17H18O2. The number of phenols is 1. The van der Waals surface area contributed by atoms with Crippen molar-refractivity contribution in [2.45, 2.75) is 12.8 Å². The molecule has 0 bridgehead atoms. The number of phenolic OH excluding ortho intramolecular Hbond substituents is 1. The smallest absolute Gasteiger partial charge is 0.119 e. The van der Waals surface area contributed by atoms with E-state index in [-0.39, 0.29) is 5.92 Å². The van der Waals surface area contributed by atoms with Gasteiger partial charge in [0, 0.05) is 11.5 Å². The van der Waals surface area contributed by atoms with Gasteiger partial charge in [-0.05, 0) is 23.8 Å². The van der Waals surface area contributed by atoms with E-state index in [1.54, 1.807) is 19.2 Å². The van der Waals surface area contributed by atoms with Crippen molar-refractivity contribution in [3.63, 3.8) is 0 Å². The number of methoxy groups -OCH3 is 1. The molecule has 2 heteroatoms. The molecule has 19 heavy (non-hydrogen) atoms. The summed E-state index contributed by atoms with van der Waals surface area (Å²) in [5, 5.41) is 9.91. The van der Waals surface area contributed by atoms with Crippen LogP contribution in [-0.4, -0.2) is 12.2 Å². The lowest BCUT2D eigenvalue weighted by Gasteiger charge is -2.11. The Hall–Kier alpha value is -2.22. The molecule has 0 aliphatic carbocycles. The fourth-order valence-corrected chi connectivity index (χ4v) is 1.95. The van der Waals surface area contributed by atoms with Gasteiger partial charge in [0.15, 0.2) is 0 Å². The second-order valence-corrected chi connectivity index (χ2v) is 4.48. The van der Waals surface area contributed by atoms with Gasteiger partial charge in [0.1, 0.15) is 11.5 Å². The average molecular weight is 254 g/mol. The quantitative estimate of drug-likeness (QED) is 0.885. The standard InChI is InChI=1S/C17H18O2/c1-13(8-9-14-6-4-3-5-7-14)16-12-15(19-2)10-11-17(16)18/h3-13,18H,1-2H3/b9-8+. The first-order valence-corrected chi connectivity index (χ1v) is 6.31. The maximum absolute atomic E-state index is 9.91. The molecule has 0 aliphatic rings. The summed E-state index contributed by atoms with van der Waals surface area (Å²) in [6, 6.07) is 15.4. The summed E-state index contributed by atoms with van der Waals surface area (Å²) in [5.41, 5.74) is 2.02. The molecule has 0 radical (unpaired) electrons. The Kier molecular flexibility index (Phi) is 4.24. The summed E-state index contributed by atoms with van der Waals surface area (Å²) < 4.78 is 5.19. The van der Waals surface area contributed by atoms with Crippen LogP contribution in [0.1, 0.15) is 24.0 Å². The van der Waals surface area contributed by atoms with Crippen LogP contribution in [-0.2, 0) is 0 Å². The van der Waals surface area contributed by atoms with Crippen LogP contribution in [0.4, 0.5) is 0 Å². The molecule has 1 N–H and O–H groups in total. The first-order valence-electron chi connectivity index (χ1n) is 6.31. The Bertz CT molecular complexity index is 559. The van der Waals surface area contributed by atoms with E-state index in [2.05, 4.69) is 24.3 Å². The first kappa shape index (κ1) is 13.2. The summed E-state index contributed by atoms with van der Waals surface area (Å²) in [6.07, 6.45) is 4.13. The maximum atomic E-state index is 9.91. The molecule has 0 saturated heterocycles. The maximum Gasteiger partial charge on any atom is 0.119 e. The Morgan fingerprint density at radius 2 is 1.84 bits per heavy atom. The number of allylic oxidation sites excluding steroid dienone is 1. The molecule has 2 aromatic carbocycles. The van der Waals surface area contributed by atoms with Crippen molar-refractivity contribution < 1.29 is 9.84 Å². The van der Waals surface area contributed by atoms with Crippen LogP contribution in [0, 0.1) is 0 Å². The van der Waals surface area contributed by atoms with Crippen molar-refractivity contribution in [2.24, 2.45) is 0 Å². The summed E-state index contributed by atoms with van der Waals surface area (Å²) in [7, 11) is 1.63. The highest BCUT2D eigenvalue weighted by atomic mass is 16.5. The van der Waals surface area contributed by atoms with Crippen LogP contribution < -0.4 is 4.74 Å². The number of hydrogen-bond donors (Lipinski definition) is 1. The van der Waals surface area contributed by atoms with E-state index < -0.39 is 0 Å². The van der Waals surface area contributed by atoms with E-state index in [9.17, 15) is 5.11 Å². The summed E-state index contributed by atoms with van der Waals surface area (Å²) in [4.78, 5) is 0. The predicted molar refractivity (Wildman–Crippen MR) is 78.5 cm³/mol. The first-order chi connectivity index (χ1) is 9.20. The van der Waals surface area contributed by atoms with Gasteiger partial charge in [0.25, 0.3) is 0 Å². The minimum absolute atomic E-state index is 0.121. The highest BCUT2D eigenvalue weighted by molar-refractivity contribution is 5.52. The number of aromatic hydroxyl groups is 1. The number of benzene rings is 2. The monoisotopic (exact) mass is 254 g/mol. The molecule has 0 amide bonds. The van der Waals surface area contributed by atoms with E-state index >= 15 is 0 Å². The van der Waals surface area contributed by atoms with E-state index in [0.717, 1.165) is 16.9 Å². The lowest BCUT2D eigenvalue weighted by molar-refractivity contribution is 0.410. The lowest BCUT2D eigenvalue weighted by atomic mass is 9.98. The van der Waals surface area contributed by atoms with Crippen molar-refractivity contribution in [2.75, 3.05) is 7.11 Å². The third kappa shape index (κ3) is 3.38. The van der Waals surface area contributed by atoms with Crippen LogP contribution in [0.3, 0.4) is 0 Å². The van der Waals surface area contributed by atoms with Gasteiger partial charge in [-0.25, -0.2) is 0 Å². The van der Waals surface area contributed by atoms with Crippen molar-refractivity contribution >= 4 is 6.08 Å². The van der Waals surface area contributed by atoms with Crippen LogP contribution in [0.2, 0.25) is 0 Å². The zero-order valence-corrected chi connectivity index (χ0v) is 11.2. The Morgan fingerprint density at radius 3 is 2.53 bits per heavy atom. The molecule has 0 heterocycles. The van der Waals surface area contributed by atoms with E-state index in [1.165, 1.54) is 0 Å². The normalized spacial score (nSPS) is 12.5. The Morgan fingerprint density at radius 1 is 1.11 bits per heavy atom. The molecule has 0 aromatic heterocycles. The molecule has 0 aliphatic heterocycles. The topological polar surface area (TPSA) is 29.5 Å². The van der Waals surface area contributed by atoms with Gasteiger partial charge in [-0.2, -0.15) is 0 Å². The fourth-order valence-electron chi connectivity index (χ4n) is 1.95. The molecule has 0 saturated carbocycles. The minimum Gasteiger partial charge on any atom is -0.508 e. The highest BCUT2D eigenvalue weighted by Crippen LogP contribution is 2.30. The van der Waals surface area contributed by atoms with Crippen molar-refractivity contribution in [1.29, 1.82) is 0 Å². The highest BCUT2D eigenvalue weighted by Gasteiger charge is 2.08. The molecule has 0 spiro atoms. The summed E-state index contributed by atoms with van der Waals surface area (Å²) in [6.45, 7) is 2.05. The zero-order valence-electron chi connectivity index (χ0n) is 11.2. The van der Waals surface area contributed by atoms with Gasteiger partial charge in [-0.15, -0.1) is 0 Å². The molecule has 0 fully saturated rings. The predicted octanol–water partition coefficient (Wildman–Crippen LogP) is 4.22. The minimum atomic E-state index is 0.121. The molecule has 98 valence electrons. The van der Waals surface area contributed by atoms with Crippen molar-refractivity contribution in [1.82, 2.24) is 0 Å². The number of rotatable bonds is 4. The Labute approximate surface area is 114 Å². The van der Waals surface area contributed by atoms with E-state index in [4.69, 9.17) is 4.74 Å².